The number of benzene rings is 1. The number of fused-ring (bicyclic) bond motifs is 1. The van der Waals surface area contributed by atoms with Gasteiger partial charge < -0.3 is 14.6 Å². The molecule has 26 heavy (non-hydrogen) atoms. The highest BCUT2D eigenvalue weighted by Gasteiger charge is 2.61. The predicted octanol–water partition coefficient (Wildman–Crippen LogP) is 1.67. The Morgan fingerprint density at radius 2 is 1.96 bits per heavy atom. The topological polar surface area (TPSA) is 93.1 Å². The van der Waals surface area contributed by atoms with Crippen molar-refractivity contribution < 1.29 is 29.0 Å². The second-order valence-corrected chi connectivity index (χ2v) is 7.05. The molecule has 1 saturated carbocycles. The molecule has 7 heteroatoms. The summed E-state index contributed by atoms with van der Waals surface area (Å²) in [7, 11) is 1.23. The lowest BCUT2D eigenvalue weighted by atomic mass is 9.72. The molecule has 0 radical (unpaired) electrons. The number of methoxy groups -OCH3 is 1. The van der Waals surface area contributed by atoms with Gasteiger partial charge in [0.1, 0.15) is 18.4 Å². The van der Waals surface area contributed by atoms with Crippen molar-refractivity contribution in [2.24, 2.45) is 5.92 Å². The predicted molar refractivity (Wildman–Crippen MR) is 91.0 cm³/mol. The van der Waals surface area contributed by atoms with Crippen LogP contribution in [0.15, 0.2) is 30.3 Å². The first-order valence-corrected chi connectivity index (χ1v) is 8.67. The summed E-state index contributed by atoms with van der Waals surface area (Å²) in [5.41, 5.74) is -0.503. The molecule has 4 atom stereocenters. The summed E-state index contributed by atoms with van der Waals surface area (Å²) in [5.74, 6) is -1.02. The normalized spacial score (nSPS) is 30.7. The number of carbonyl (C=O) groups excluding carboxylic acids is 3. The fourth-order valence-electron chi connectivity index (χ4n) is 4.01. The minimum absolute atomic E-state index is 0.00870. The molecule has 2 fully saturated rings. The van der Waals surface area contributed by atoms with E-state index in [1.807, 2.05) is 30.3 Å². The smallest absolute Gasteiger partial charge is 0.411 e. The van der Waals surface area contributed by atoms with Crippen molar-refractivity contribution in [2.45, 2.75) is 50.5 Å². The zero-order valence-corrected chi connectivity index (χ0v) is 14.9. The maximum atomic E-state index is 12.7. The Kier molecular flexibility index (Phi) is 5.00. The Labute approximate surface area is 151 Å². The third kappa shape index (κ3) is 3.19. The van der Waals surface area contributed by atoms with Crippen LogP contribution in [0.1, 0.15) is 31.7 Å². The van der Waals surface area contributed by atoms with E-state index in [-0.39, 0.29) is 37.6 Å². The molecule has 0 aromatic heterocycles. The average Bonchev–Trinajstić information content (AvgIpc) is 2.94. The van der Waals surface area contributed by atoms with Crippen LogP contribution in [0.3, 0.4) is 0 Å². The number of carbonyl (C=O) groups is 3. The van der Waals surface area contributed by atoms with Crippen LogP contribution < -0.4 is 0 Å². The SMILES string of the molecule is COC(=O)[C@@H]1C[C@@]2(O)C(C)CC(=O)C[C@H]2N1C(=O)OCc1ccccc1. The number of Topliss-reactive ketones (excluding diaryl/α,β-unsaturated/α-hetero) is 1. The van der Waals surface area contributed by atoms with E-state index in [0.717, 1.165) is 5.56 Å². The van der Waals surface area contributed by atoms with E-state index in [9.17, 15) is 19.5 Å². The Bertz CT molecular complexity index is 705. The van der Waals surface area contributed by atoms with Gasteiger partial charge in [0.05, 0.1) is 18.8 Å². The molecular formula is C19H23NO6. The van der Waals surface area contributed by atoms with Gasteiger partial charge in [-0.15, -0.1) is 0 Å². The highest BCUT2D eigenvalue weighted by atomic mass is 16.6. The van der Waals surface area contributed by atoms with Crippen molar-refractivity contribution in [2.75, 3.05) is 7.11 Å². The molecule has 1 heterocycles. The van der Waals surface area contributed by atoms with E-state index in [1.54, 1.807) is 6.92 Å². The Morgan fingerprint density at radius 1 is 1.27 bits per heavy atom. The van der Waals surface area contributed by atoms with Crippen LogP contribution in [0.4, 0.5) is 4.79 Å². The Balaban J connectivity index is 1.84. The number of hydrogen-bond donors (Lipinski definition) is 1. The molecule has 1 aliphatic heterocycles. The van der Waals surface area contributed by atoms with Crippen molar-refractivity contribution in [3.8, 4) is 0 Å². The van der Waals surface area contributed by atoms with Gasteiger partial charge in [0, 0.05) is 19.3 Å². The number of nitrogens with zero attached hydrogens (tertiary/aromatic N) is 1. The average molecular weight is 361 g/mol. The molecule has 7 nitrogen and oxygen atoms in total. The lowest BCUT2D eigenvalue weighted by Crippen LogP contribution is -2.55. The number of esters is 1. The molecule has 0 spiro atoms. The number of hydrogen-bond acceptors (Lipinski definition) is 6. The van der Waals surface area contributed by atoms with Crippen LogP contribution in [0.2, 0.25) is 0 Å². The zero-order chi connectivity index (χ0) is 18.9. The van der Waals surface area contributed by atoms with E-state index >= 15 is 0 Å². The van der Waals surface area contributed by atoms with Crippen molar-refractivity contribution in [3.05, 3.63) is 35.9 Å². The van der Waals surface area contributed by atoms with E-state index in [0.29, 0.717) is 0 Å². The lowest BCUT2D eigenvalue weighted by Gasteiger charge is -2.41. The summed E-state index contributed by atoms with van der Waals surface area (Å²) < 4.78 is 10.2. The molecule has 1 aliphatic carbocycles. The van der Waals surface area contributed by atoms with Gasteiger partial charge in [-0.3, -0.25) is 9.69 Å². The highest BCUT2D eigenvalue weighted by Crippen LogP contribution is 2.45. The lowest BCUT2D eigenvalue weighted by molar-refractivity contribution is -0.146. The summed E-state index contributed by atoms with van der Waals surface area (Å²) in [6.45, 7) is 1.80. The molecule has 1 saturated heterocycles. The fourth-order valence-corrected chi connectivity index (χ4v) is 4.01. The fraction of sp³-hybridized carbons (Fsp3) is 0.526. The molecule has 2 aliphatic rings. The van der Waals surface area contributed by atoms with Crippen LogP contribution in [0.25, 0.3) is 0 Å². The molecule has 140 valence electrons. The third-order valence-corrected chi connectivity index (χ3v) is 5.47. The summed E-state index contributed by atoms with van der Waals surface area (Å²) in [6.07, 6.45) is -0.450. The van der Waals surface area contributed by atoms with Crippen molar-refractivity contribution in [3.63, 3.8) is 0 Å². The third-order valence-electron chi connectivity index (χ3n) is 5.47. The van der Waals surface area contributed by atoms with Crippen molar-refractivity contribution in [1.82, 2.24) is 4.90 Å². The number of rotatable bonds is 3. The Morgan fingerprint density at radius 3 is 2.62 bits per heavy atom. The maximum Gasteiger partial charge on any atom is 0.411 e. The van der Waals surface area contributed by atoms with Crippen LogP contribution in [0, 0.1) is 5.92 Å². The van der Waals surface area contributed by atoms with Gasteiger partial charge in [0.2, 0.25) is 0 Å². The van der Waals surface area contributed by atoms with Crippen LogP contribution in [-0.2, 0) is 25.7 Å². The summed E-state index contributed by atoms with van der Waals surface area (Å²) >= 11 is 0. The number of ketones is 1. The van der Waals surface area contributed by atoms with E-state index in [2.05, 4.69) is 0 Å². The van der Waals surface area contributed by atoms with Gasteiger partial charge in [0.25, 0.3) is 0 Å². The van der Waals surface area contributed by atoms with Gasteiger partial charge in [-0.25, -0.2) is 9.59 Å². The quantitative estimate of drug-likeness (QED) is 0.823. The van der Waals surface area contributed by atoms with Gasteiger partial charge in [0.15, 0.2) is 0 Å². The molecule has 3 rings (SSSR count). The number of ether oxygens (including phenoxy) is 2. The minimum atomic E-state index is -1.31. The second kappa shape index (κ2) is 7.07. The van der Waals surface area contributed by atoms with E-state index in [1.165, 1.54) is 12.0 Å². The van der Waals surface area contributed by atoms with Gasteiger partial charge in [-0.2, -0.15) is 0 Å². The molecule has 0 bridgehead atoms. The van der Waals surface area contributed by atoms with Crippen LogP contribution >= 0.6 is 0 Å². The minimum Gasteiger partial charge on any atom is -0.467 e. The highest BCUT2D eigenvalue weighted by molar-refractivity contribution is 5.86. The number of likely N-dealkylation sites (tertiary alicyclic amines) is 1. The summed E-state index contributed by atoms with van der Waals surface area (Å²) in [6, 6.07) is 7.40. The Hall–Kier alpha value is -2.41. The monoisotopic (exact) mass is 361 g/mol. The van der Waals surface area contributed by atoms with Crippen LogP contribution in [0.5, 0.6) is 0 Å². The molecule has 1 amide bonds. The molecule has 1 unspecified atom stereocenters. The van der Waals surface area contributed by atoms with Gasteiger partial charge in [-0.05, 0) is 11.5 Å². The van der Waals surface area contributed by atoms with E-state index in [4.69, 9.17) is 9.47 Å². The van der Waals surface area contributed by atoms with Gasteiger partial charge in [-0.1, -0.05) is 37.3 Å². The second-order valence-electron chi connectivity index (χ2n) is 7.05. The largest absolute Gasteiger partial charge is 0.467 e. The standard InChI is InChI=1S/C19H23NO6/c1-12-8-14(21)9-16-19(12,24)10-15(17(22)25-2)20(16)18(23)26-11-13-6-4-3-5-7-13/h3-7,12,15-16,24H,8-11H2,1-2H3/t12?,15-,16+,19+/m0/s1. The first-order valence-electron chi connectivity index (χ1n) is 8.67. The molecule has 1 aromatic rings. The number of aliphatic hydroxyl groups is 1. The molecule has 1 N–H and O–H groups in total. The molecule has 1 aromatic carbocycles. The van der Waals surface area contributed by atoms with E-state index < -0.39 is 29.7 Å². The maximum absolute atomic E-state index is 12.7. The van der Waals surface area contributed by atoms with Crippen molar-refractivity contribution >= 4 is 17.8 Å². The van der Waals surface area contributed by atoms with Crippen LogP contribution in [-0.4, -0.2) is 52.6 Å². The number of amides is 1. The first kappa shape index (κ1) is 18.4. The molecular weight excluding hydrogens is 338 g/mol. The van der Waals surface area contributed by atoms with Gasteiger partial charge >= 0.3 is 12.1 Å². The first-order chi connectivity index (χ1) is 12.4. The summed E-state index contributed by atoms with van der Waals surface area (Å²) in [5, 5.41) is 11.1. The summed E-state index contributed by atoms with van der Waals surface area (Å²) in [4.78, 5) is 38.2. The zero-order valence-electron chi connectivity index (χ0n) is 14.9. The van der Waals surface area contributed by atoms with Crippen molar-refractivity contribution in [1.29, 1.82) is 0 Å².